The van der Waals surface area contributed by atoms with E-state index in [9.17, 15) is 4.79 Å². The number of nitrogens with zero attached hydrogens (tertiary/aromatic N) is 2. The van der Waals surface area contributed by atoms with Gasteiger partial charge in [0.1, 0.15) is 22.3 Å². The fourth-order valence-corrected chi connectivity index (χ4v) is 6.58. The lowest BCUT2D eigenvalue weighted by molar-refractivity contribution is 0.0734. The highest BCUT2D eigenvalue weighted by atomic mass is 32.1. The van der Waals surface area contributed by atoms with Gasteiger partial charge in [-0.2, -0.15) is 0 Å². The molecule has 0 aliphatic heterocycles. The Morgan fingerprint density at radius 3 is 1.52 bits per heavy atom. The normalized spacial score (nSPS) is 10.8. The molecule has 0 amide bonds. The molecule has 0 N–H and O–H groups in total. The minimum Gasteiger partial charge on any atom is -0.494 e. The van der Waals surface area contributed by atoms with Crippen molar-refractivity contribution in [1.82, 2.24) is 10.2 Å². The van der Waals surface area contributed by atoms with Crippen molar-refractivity contribution in [2.75, 3.05) is 13.2 Å². The Morgan fingerprint density at radius 2 is 1.00 bits per heavy atom. The van der Waals surface area contributed by atoms with Crippen LogP contribution in [0.15, 0.2) is 72.8 Å². The lowest BCUT2D eigenvalue weighted by Gasteiger charge is -2.08. The highest BCUT2D eigenvalue weighted by Crippen LogP contribution is 2.26. The zero-order valence-corrected chi connectivity index (χ0v) is 32.3. The fraction of sp³-hybridized carbons (Fsp3) is 0.489. The zero-order chi connectivity index (χ0) is 36.5. The first kappa shape index (κ1) is 40.6. The van der Waals surface area contributed by atoms with Crippen LogP contribution in [-0.4, -0.2) is 29.4 Å². The number of unbranched alkanes of at least 4 members (excludes halogenated alkanes) is 16. The van der Waals surface area contributed by atoms with E-state index in [1.165, 1.54) is 114 Å². The van der Waals surface area contributed by atoms with Crippen molar-refractivity contribution in [3.8, 4) is 39.7 Å². The van der Waals surface area contributed by atoms with Crippen LogP contribution in [0.2, 0.25) is 0 Å². The second-order valence-corrected chi connectivity index (χ2v) is 14.5. The molecule has 4 rings (SSSR count). The van der Waals surface area contributed by atoms with Crippen LogP contribution in [0.3, 0.4) is 0 Å². The molecule has 0 spiro atoms. The van der Waals surface area contributed by atoms with Gasteiger partial charge >= 0.3 is 5.97 Å². The predicted octanol–water partition coefficient (Wildman–Crippen LogP) is 12.6. The summed E-state index contributed by atoms with van der Waals surface area (Å²) in [6, 6.07) is 22.3. The highest BCUT2D eigenvalue weighted by molar-refractivity contribution is 7.15. The number of carbonyl (C=O) groups excluding carboxylic acids is 1. The maximum Gasteiger partial charge on any atom is 0.343 e. The summed E-state index contributed by atoms with van der Waals surface area (Å²) in [6.45, 7) is 5.97. The van der Waals surface area contributed by atoms with Gasteiger partial charge in [0.25, 0.3) is 0 Å². The molecule has 0 aliphatic carbocycles. The SMILES string of the molecule is CCCCCCCCCCCCOc1ccc(-c2nnc(C#Cc3ccc(C(=O)Oc4ccc(OCCCCCCCCCC)cc4)cc3)s2)cc1. The number of aromatic nitrogens is 2. The highest BCUT2D eigenvalue weighted by Gasteiger charge is 2.09. The molecule has 0 bridgehead atoms. The van der Waals surface area contributed by atoms with Gasteiger partial charge in [-0.1, -0.05) is 134 Å². The third-order valence-corrected chi connectivity index (χ3v) is 9.92. The number of esters is 1. The van der Waals surface area contributed by atoms with Gasteiger partial charge in [0, 0.05) is 11.1 Å². The van der Waals surface area contributed by atoms with Gasteiger partial charge in [0.2, 0.25) is 0 Å². The number of hydrogen-bond donors (Lipinski definition) is 0. The summed E-state index contributed by atoms with van der Waals surface area (Å²) in [7, 11) is 0. The molecule has 0 saturated carbocycles. The zero-order valence-electron chi connectivity index (χ0n) is 31.5. The van der Waals surface area contributed by atoms with E-state index in [1.54, 1.807) is 24.3 Å². The minimum atomic E-state index is -0.420. The lowest BCUT2D eigenvalue weighted by atomic mass is 10.1. The molecule has 0 radical (unpaired) electrons. The topological polar surface area (TPSA) is 70.5 Å². The number of ether oxygens (including phenoxy) is 3. The molecule has 0 unspecified atom stereocenters. The molecule has 52 heavy (non-hydrogen) atoms. The van der Waals surface area contributed by atoms with Crippen molar-refractivity contribution in [3.63, 3.8) is 0 Å². The monoisotopic (exact) mass is 722 g/mol. The first-order valence-electron chi connectivity index (χ1n) is 19.8. The van der Waals surface area contributed by atoms with Crippen LogP contribution in [0.5, 0.6) is 17.2 Å². The Balaban J connectivity index is 1.12. The summed E-state index contributed by atoms with van der Waals surface area (Å²) in [5.74, 6) is 7.94. The largest absolute Gasteiger partial charge is 0.494 e. The standard InChI is InChI=1S/C45H58N2O4S/c1-3-5-7-9-11-13-14-16-18-19-35-49-40-28-26-38(27-29-40)44-47-46-43(52-44)34-23-37-21-24-39(25-22-37)45(48)51-42-32-30-41(31-33-42)50-36-20-17-15-12-10-8-6-4-2/h21-22,24-33H,3-20,35-36H2,1-2H3. The first-order valence-corrected chi connectivity index (χ1v) is 20.6. The summed E-state index contributed by atoms with van der Waals surface area (Å²) in [5.41, 5.74) is 2.21. The first-order chi connectivity index (χ1) is 25.6. The summed E-state index contributed by atoms with van der Waals surface area (Å²) in [4.78, 5) is 12.7. The number of carbonyl (C=O) groups is 1. The molecule has 7 heteroatoms. The summed E-state index contributed by atoms with van der Waals surface area (Å²) >= 11 is 1.45. The Bertz CT molecular complexity index is 1600. The maximum absolute atomic E-state index is 12.7. The van der Waals surface area contributed by atoms with Crippen molar-refractivity contribution < 1.29 is 19.0 Å². The molecular weight excluding hydrogens is 665 g/mol. The Hall–Kier alpha value is -4.15. The molecule has 4 aromatic rings. The van der Waals surface area contributed by atoms with Gasteiger partial charge in [0.15, 0.2) is 5.01 Å². The van der Waals surface area contributed by atoms with Gasteiger partial charge in [-0.25, -0.2) is 4.79 Å². The number of rotatable bonds is 25. The van der Waals surface area contributed by atoms with Crippen molar-refractivity contribution >= 4 is 17.3 Å². The molecule has 6 nitrogen and oxygen atoms in total. The molecule has 0 fully saturated rings. The molecule has 0 atom stereocenters. The van der Waals surface area contributed by atoms with Crippen molar-refractivity contribution in [2.45, 2.75) is 129 Å². The molecule has 278 valence electrons. The fourth-order valence-electron chi connectivity index (χ4n) is 5.87. The summed E-state index contributed by atoms with van der Waals surface area (Å²) < 4.78 is 17.4. The lowest BCUT2D eigenvalue weighted by Crippen LogP contribution is -2.08. The second kappa shape index (κ2) is 24.9. The maximum atomic E-state index is 12.7. The summed E-state index contributed by atoms with van der Waals surface area (Å²) in [6.07, 6.45) is 23.3. The van der Waals surface area contributed by atoms with E-state index in [-0.39, 0.29) is 0 Å². The quantitative estimate of drug-likeness (QED) is 0.0293. The van der Waals surface area contributed by atoms with Crippen LogP contribution < -0.4 is 14.2 Å². The number of benzene rings is 3. The van der Waals surface area contributed by atoms with Crippen LogP contribution in [-0.2, 0) is 0 Å². The Labute approximate surface area is 316 Å². The van der Waals surface area contributed by atoms with Gasteiger partial charge in [-0.3, -0.25) is 0 Å². The van der Waals surface area contributed by atoms with E-state index in [1.807, 2.05) is 48.5 Å². The minimum absolute atomic E-state index is 0.420. The summed E-state index contributed by atoms with van der Waals surface area (Å²) in [5, 5.41) is 10.0. The number of hydrogen-bond acceptors (Lipinski definition) is 7. The third-order valence-electron chi connectivity index (χ3n) is 9.03. The Kier molecular flexibility index (Phi) is 19.5. The molecule has 1 aromatic heterocycles. The average Bonchev–Trinajstić information content (AvgIpc) is 3.66. The van der Waals surface area contributed by atoms with Crippen LogP contribution in [0.4, 0.5) is 0 Å². The Morgan fingerprint density at radius 1 is 0.538 bits per heavy atom. The van der Waals surface area contributed by atoms with E-state index in [0.717, 1.165) is 47.1 Å². The van der Waals surface area contributed by atoms with E-state index >= 15 is 0 Å². The van der Waals surface area contributed by atoms with Crippen molar-refractivity contribution in [1.29, 1.82) is 0 Å². The van der Waals surface area contributed by atoms with Crippen molar-refractivity contribution in [3.05, 3.63) is 88.9 Å². The van der Waals surface area contributed by atoms with Gasteiger partial charge < -0.3 is 14.2 Å². The van der Waals surface area contributed by atoms with E-state index in [2.05, 4.69) is 35.9 Å². The average molecular weight is 723 g/mol. The molecular formula is C45H58N2O4S. The second-order valence-electron chi connectivity index (χ2n) is 13.5. The van der Waals surface area contributed by atoms with E-state index < -0.39 is 5.97 Å². The predicted molar refractivity (Wildman–Crippen MR) is 215 cm³/mol. The van der Waals surface area contributed by atoms with Crippen LogP contribution in [0.1, 0.15) is 150 Å². The smallest absolute Gasteiger partial charge is 0.343 e. The molecule has 0 aliphatic rings. The molecule has 0 saturated heterocycles. The molecule has 3 aromatic carbocycles. The third kappa shape index (κ3) is 16.0. The van der Waals surface area contributed by atoms with E-state index in [0.29, 0.717) is 22.9 Å². The van der Waals surface area contributed by atoms with Crippen LogP contribution in [0.25, 0.3) is 10.6 Å². The van der Waals surface area contributed by atoms with Gasteiger partial charge in [-0.15, -0.1) is 10.2 Å². The van der Waals surface area contributed by atoms with Gasteiger partial charge in [-0.05, 0) is 91.6 Å². The van der Waals surface area contributed by atoms with Gasteiger partial charge in [0.05, 0.1) is 18.8 Å². The van der Waals surface area contributed by atoms with Crippen LogP contribution >= 0.6 is 11.3 Å². The van der Waals surface area contributed by atoms with Crippen LogP contribution in [0, 0.1) is 11.8 Å². The molecule has 1 heterocycles. The van der Waals surface area contributed by atoms with Crippen molar-refractivity contribution in [2.24, 2.45) is 0 Å². The van der Waals surface area contributed by atoms with E-state index in [4.69, 9.17) is 14.2 Å².